The minimum Gasteiger partial charge on any atom is -0.302 e. The third-order valence-electron chi connectivity index (χ3n) is 4.70. The van der Waals surface area contributed by atoms with E-state index >= 15 is 0 Å². The van der Waals surface area contributed by atoms with Crippen LogP contribution in [0.3, 0.4) is 0 Å². The van der Waals surface area contributed by atoms with Crippen LogP contribution in [0.1, 0.15) is 23.2 Å². The number of rotatable bonds is 7. The van der Waals surface area contributed by atoms with Gasteiger partial charge in [0.2, 0.25) is 5.91 Å². The molecule has 0 saturated carbocycles. The molecule has 4 rings (SSSR count). The van der Waals surface area contributed by atoms with Gasteiger partial charge in [0, 0.05) is 24.0 Å². The predicted octanol–water partition coefficient (Wildman–Crippen LogP) is 6.22. The summed E-state index contributed by atoms with van der Waals surface area (Å²) < 4.78 is 13.0. The summed E-state index contributed by atoms with van der Waals surface area (Å²) in [6, 6.07) is 25.0. The molecule has 1 N–H and O–H groups in total. The lowest BCUT2D eigenvalue weighted by Crippen LogP contribution is -2.13. The Balaban J connectivity index is 1.49. The number of amides is 1. The average Bonchev–Trinajstić information content (AvgIpc) is 3.23. The maximum Gasteiger partial charge on any atom is 0.226 e. The number of Topliss-reactive ketones (excluding diaryl/α,β-unsaturated/α-hetero) is 1. The van der Waals surface area contributed by atoms with E-state index in [1.165, 1.54) is 35.6 Å². The Morgan fingerprint density at radius 1 is 0.806 bits per heavy atom. The summed E-state index contributed by atoms with van der Waals surface area (Å²) >= 11 is 1.40. The van der Waals surface area contributed by atoms with Crippen molar-refractivity contribution in [1.29, 1.82) is 0 Å². The van der Waals surface area contributed by atoms with Gasteiger partial charge in [0.1, 0.15) is 5.82 Å². The zero-order valence-corrected chi connectivity index (χ0v) is 17.4. The van der Waals surface area contributed by atoms with E-state index in [0.717, 1.165) is 21.7 Å². The zero-order valence-electron chi connectivity index (χ0n) is 16.5. The number of nitrogens with one attached hydrogen (secondary N) is 1. The van der Waals surface area contributed by atoms with Gasteiger partial charge in [-0.3, -0.25) is 9.59 Å². The molecular weight excluding hydrogens is 411 g/mol. The lowest BCUT2D eigenvalue weighted by atomic mass is 10.1. The van der Waals surface area contributed by atoms with Crippen molar-refractivity contribution in [2.45, 2.75) is 12.8 Å². The molecule has 1 aromatic heterocycles. The first-order valence-electron chi connectivity index (χ1n) is 9.80. The first-order valence-corrected chi connectivity index (χ1v) is 10.6. The van der Waals surface area contributed by atoms with E-state index in [1.54, 1.807) is 0 Å². The second-order valence-electron chi connectivity index (χ2n) is 6.91. The monoisotopic (exact) mass is 430 g/mol. The van der Waals surface area contributed by atoms with Gasteiger partial charge in [0.25, 0.3) is 0 Å². The number of aromatic nitrogens is 1. The number of benzene rings is 3. The lowest BCUT2D eigenvalue weighted by Gasteiger charge is -2.02. The van der Waals surface area contributed by atoms with Crippen LogP contribution < -0.4 is 5.32 Å². The number of thiazole rings is 1. The van der Waals surface area contributed by atoms with E-state index in [2.05, 4.69) is 10.3 Å². The minimum absolute atomic E-state index is 0.0249. The normalized spacial score (nSPS) is 10.6. The smallest absolute Gasteiger partial charge is 0.226 e. The van der Waals surface area contributed by atoms with Crippen molar-refractivity contribution < 1.29 is 14.0 Å². The molecule has 154 valence electrons. The standard InChI is InChI=1S/C25H19FN2O2S/c26-20-13-11-17(12-14-20)21(29)15-16-22(30)27-25-28-23(18-7-3-1-4-8-18)24(31-25)19-9-5-2-6-10-19/h1-14H,15-16H2,(H,27,28,30). The highest BCUT2D eigenvalue weighted by Gasteiger charge is 2.17. The van der Waals surface area contributed by atoms with Gasteiger partial charge in [-0.25, -0.2) is 9.37 Å². The molecule has 6 heteroatoms. The van der Waals surface area contributed by atoms with Gasteiger partial charge in [-0.1, -0.05) is 72.0 Å². The molecule has 0 radical (unpaired) electrons. The molecule has 0 bridgehead atoms. The highest BCUT2D eigenvalue weighted by molar-refractivity contribution is 7.19. The van der Waals surface area contributed by atoms with Crippen molar-refractivity contribution in [3.8, 4) is 21.7 Å². The summed E-state index contributed by atoms with van der Waals surface area (Å²) in [5, 5.41) is 3.30. The summed E-state index contributed by atoms with van der Waals surface area (Å²) in [5.74, 6) is -0.894. The largest absolute Gasteiger partial charge is 0.302 e. The van der Waals surface area contributed by atoms with Crippen LogP contribution >= 0.6 is 11.3 Å². The van der Waals surface area contributed by atoms with E-state index in [0.29, 0.717) is 10.7 Å². The van der Waals surface area contributed by atoms with E-state index in [4.69, 9.17) is 0 Å². The van der Waals surface area contributed by atoms with Crippen LogP contribution in [0.5, 0.6) is 0 Å². The number of nitrogens with zero attached hydrogens (tertiary/aromatic N) is 1. The second-order valence-corrected chi connectivity index (χ2v) is 7.91. The lowest BCUT2D eigenvalue weighted by molar-refractivity contribution is -0.116. The van der Waals surface area contributed by atoms with Crippen molar-refractivity contribution in [3.63, 3.8) is 0 Å². The number of carbonyl (C=O) groups excluding carboxylic acids is 2. The van der Waals surface area contributed by atoms with E-state index in [1.807, 2.05) is 60.7 Å². The number of anilines is 1. The van der Waals surface area contributed by atoms with Crippen LogP contribution in [0.15, 0.2) is 84.9 Å². The third kappa shape index (κ3) is 5.10. The molecule has 0 aliphatic carbocycles. The van der Waals surface area contributed by atoms with Crippen molar-refractivity contribution in [3.05, 3.63) is 96.3 Å². The predicted molar refractivity (Wildman–Crippen MR) is 122 cm³/mol. The Bertz CT molecular complexity index is 1130. The highest BCUT2D eigenvalue weighted by atomic mass is 32.1. The van der Waals surface area contributed by atoms with Gasteiger partial charge in [0.15, 0.2) is 10.9 Å². The fourth-order valence-electron chi connectivity index (χ4n) is 3.14. The van der Waals surface area contributed by atoms with Crippen LogP contribution in [0.2, 0.25) is 0 Å². The Morgan fingerprint density at radius 3 is 2.06 bits per heavy atom. The Kier molecular flexibility index (Phi) is 6.29. The molecule has 0 spiro atoms. The fraction of sp³-hybridized carbons (Fsp3) is 0.0800. The van der Waals surface area contributed by atoms with Gasteiger partial charge < -0.3 is 5.32 Å². The first kappa shape index (κ1) is 20.6. The third-order valence-corrected chi connectivity index (χ3v) is 5.72. The molecule has 0 atom stereocenters. The summed E-state index contributed by atoms with van der Waals surface area (Å²) in [5.41, 5.74) is 3.17. The molecule has 3 aromatic carbocycles. The molecule has 0 fully saturated rings. The number of ketones is 1. The molecule has 4 nitrogen and oxygen atoms in total. The molecule has 31 heavy (non-hydrogen) atoms. The highest BCUT2D eigenvalue weighted by Crippen LogP contribution is 2.38. The summed E-state index contributed by atoms with van der Waals surface area (Å²) in [6.07, 6.45) is 0.0665. The van der Waals surface area contributed by atoms with Crippen molar-refractivity contribution >= 4 is 28.2 Å². The number of carbonyl (C=O) groups is 2. The number of halogens is 1. The summed E-state index contributed by atoms with van der Waals surface area (Å²) in [4.78, 5) is 30.3. The van der Waals surface area contributed by atoms with Crippen molar-refractivity contribution in [2.24, 2.45) is 0 Å². The van der Waals surface area contributed by atoms with Crippen LogP contribution in [0, 0.1) is 5.82 Å². The Morgan fingerprint density at radius 2 is 1.42 bits per heavy atom. The van der Waals surface area contributed by atoms with E-state index < -0.39 is 5.82 Å². The first-order chi connectivity index (χ1) is 15.1. The number of hydrogen-bond acceptors (Lipinski definition) is 4. The topological polar surface area (TPSA) is 59.1 Å². The second kappa shape index (κ2) is 9.45. The van der Waals surface area contributed by atoms with Crippen molar-refractivity contribution in [1.82, 2.24) is 4.98 Å². The maximum atomic E-state index is 13.0. The minimum atomic E-state index is -0.401. The van der Waals surface area contributed by atoms with Crippen LogP contribution in [-0.4, -0.2) is 16.7 Å². The van der Waals surface area contributed by atoms with E-state index in [9.17, 15) is 14.0 Å². The summed E-state index contributed by atoms with van der Waals surface area (Å²) in [6.45, 7) is 0. The molecule has 0 saturated heterocycles. The molecule has 1 amide bonds. The Hall–Kier alpha value is -3.64. The van der Waals surface area contributed by atoms with Gasteiger partial charge in [-0.05, 0) is 29.8 Å². The van der Waals surface area contributed by atoms with E-state index in [-0.39, 0.29) is 24.5 Å². The van der Waals surface area contributed by atoms with Gasteiger partial charge >= 0.3 is 0 Å². The number of hydrogen-bond donors (Lipinski definition) is 1. The maximum absolute atomic E-state index is 13.0. The molecule has 0 unspecified atom stereocenters. The molecule has 0 aliphatic heterocycles. The summed E-state index contributed by atoms with van der Waals surface area (Å²) in [7, 11) is 0. The van der Waals surface area contributed by atoms with Crippen LogP contribution in [0.25, 0.3) is 21.7 Å². The Labute approximate surface area is 183 Å². The fourth-order valence-corrected chi connectivity index (χ4v) is 4.15. The van der Waals surface area contributed by atoms with Gasteiger partial charge in [-0.15, -0.1) is 0 Å². The van der Waals surface area contributed by atoms with Crippen molar-refractivity contribution in [2.75, 3.05) is 5.32 Å². The SMILES string of the molecule is O=C(CCC(=O)c1ccc(F)cc1)Nc1nc(-c2ccccc2)c(-c2ccccc2)s1. The molecule has 4 aromatic rings. The molecular formula is C25H19FN2O2S. The van der Waals surface area contributed by atoms with Gasteiger partial charge in [-0.2, -0.15) is 0 Å². The molecule has 0 aliphatic rings. The molecule has 1 heterocycles. The average molecular weight is 431 g/mol. The van der Waals surface area contributed by atoms with Crippen LogP contribution in [-0.2, 0) is 4.79 Å². The van der Waals surface area contributed by atoms with Gasteiger partial charge in [0.05, 0.1) is 10.6 Å². The quantitative estimate of drug-likeness (QED) is 0.354. The zero-order chi connectivity index (χ0) is 21.6. The van der Waals surface area contributed by atoms with Crippen LogP contribution in [0.4, 0.5) is 9.52 Å².